The van der Waals surface area contributed by atoms with Gasteiger partial charge in [-0.15, -0.1) is 10.2 Å². The average molecular weight is 390 g/mol. The molecule has 0 unspecified atom stereocenters. The smallest absolute Gasteiger partial charge is 0.307 e. The molecule has 8 nitrogen and oxygen atoms in total. The number of nitrogens with zero attached hydrogens (tertiary/aromatic N) is 4. The summed E-state index contributed by atoms with van der Waals surface area (Å²) in [5.74, 6) is -1.21. The molecule has 1 aliphatic heterocycles. The molecule has 8 heteroatoms. The molecule has 0 spiro atoms. The molecule has 2 heterocycles. The lowest BCUT2D eigenvalue weighted by atomic mass is 9.86. The first-order valence-corrected chi connectivity index (χ1v) is 9.87. The van der Waals surface area contributed by atoms with Crippen LogP contribution in [0.2, 0.25) is 0 Å². The zero-order chi connectivity index (χ0) is 20.2. The van der Waals surface area contributed by atoms with Crippen LogP contribution in [0.15, 0.2) is 36.0 Å². The van der Waals surface area contributed by atoms with Crippen LogP contribution in [0.5, 0.6) is 0 Å². The highest BCUT2D eigenvalue weighted by Gasteiger charge is 2.29. The van der Waals surface area contributed by atoms with Gasteiger partial charge in [-0.25, -0.2) is 0 Å². The van der Waals surface area contributed by atoms with Crippen LogP contribution in [0.25, 0.3) is 0 Å². The Morgan fingerprint density at radius 1 is 1.32 bits per heavy atom. The topological polar surface area (TPSA) is 104 Å². The molecule has 0 bridgehead atoms. The first-order chi connectivity index (χ1) is 13.7. The van der Waals surface area contributed by atoms with Crippen LogP contribution in [0, 0.1) is 5.92 Å². The lowest BCUT2D eigenvalue weighted by Crippen LogP contribution is -2.37. The van der Waals surface area contributed by atoms with Gasteiger partial charge in [0.15, 0.2) is 5.82 Å². The van der Waals surface area contributed by atoms with Crippen molar-refractivity contribution in [1.82, 2.24) is 25.5 Å². The van der Waals surface area contributed by atoms with Crippen molar-refractivity contribution in [2.24, 2.45) is 5.92 Å². The predicted molar refractivity (Wildman–Crippen MR) is 107 cm³/mol. The lowest BCUT2D eigenvalue weighted by Gasteiger charge is -2.27. The van der Waals surface area contributed by atoms with Crippen molar-refractivity contribution in [2.75, 3.05) is 32.8 Å². The maximum atomic E-state index is 11.5. The highest BCUT2D eigenvalue weighted by atomic mass is 16.5. The number of allylic oxidation sites excluding steroid dienone is 5. The normalized spacial score (nSPS) is 18.7. The molecule has 0 radical (unpaired) electrons. The van der Waals surface area contributed by atoms with Gasteiger partial charge in [0.25, 0.3) is 0 Å². The Bertz CT molecular complexity index is 663. The zero-order valence-corrected chi connectivity index (χ0v) is 16.8. The number of aliphatic carboxylic acids is 1. The van der Waals surface area contributed by atoms with E-state index in [-0.39, 0.29) is 5.92 Å². The minimum Gasteiger partial charge on any atom is -0.481 e. The van der Waals surface area contributed by atoms with Crippen LogP contribution in [0.1, 0.15) is 44.9 Å². The van der Waals surface area contributed by atoms with E-state index in [1.54, 1.807) is 0 Å². The fourth-order valence-corrected chi connectivity index (χ4v) is 3.33. The molecule has 1 aromatic heterocycles. The van der Waals surface area contributed by atoms with Crippen molar-refractivity contribution in [1.29, 1.82) is 0 Å². The fraction of sp³-hybridized carbons (Fsp3) is 0.600. The second-order valence-electron chi connectivity index (χ2n) is 6.86. The molecule has 1 aromatic rings. The number of carboxylic acid groups (broad SMARTS) is 1. The highest BCUT2D eigenvalue weighted by molar-refractivity contribution is 5.71. The van der Waals surface area contributed by atoms with Gasteiger partial charge in [0.2, 0.25) is 0 Å². The summed E-state index contributed by atoms with van der Waals surface area (Å²) >= 11 is 0. The Kier molecular flexibility index (Phi) is 9.57. The monoisotopic (exact) mass is 389 g/mol. The standard InChI is InChI=1S/C20H31N5O3/c1-3-16(15-25-11-13-28-14-12-25)9-7-5-6-8-10-18(17(4-2)20(26)27)19-21-23-24-22-19/h3,5-8,17-18H,4,9-15H2,1-2H3,(H,26,27)(H,21,22,23,24)/b7-5+,8-6+,16-3+/t17-,18-/m0/s1. The first kappa shape index (κ1) is 22.0. The molecular formula is C20H31N5O3. The van der Waals surface area contributed by atoms with Crippen molar-refractivity contribution < 1.29 is 14.6 Å². The van der Waals surface area contributed by atoms with Gasteiger partial charge in [0.05, 0.1) is 19.1 Å². The van der Waals surface area contributed by atoms with E-state index in [0.717, 1.165) is 39.3 Å². The van der Waals surface area contributed by atoms with E-state index in [4.69, 9.17) is 4.74 Å². The maximum absolute atomic E-state index is 11.5. The number of aromatic nitrogens is 4. The van der Waals surface area contributed by atoms with Gasteiger partial charge in [0.1, 0.15) is 0 Å². The minimum absolute atomic E-state index is 0.293. The molecule has 154 valence electrons. The molecule has 2 N–H and O–H groups in total. The van der Waals surface area contributed by atoms with Crippen LogP contribution in [-0.4, -0.2) is 69.4 Å². The molecular weight excluding hydrogens is 358 g/mol. The third-order valence-electron chi connectivity index (χ3n) is 5.03. The molecule has 0 aliphatic carbocycles. The Balaban J connectivity index is 1.84. The van der Waals surface area contributed by atoms with Crippen LogP contribution in [0.4, 0.5) is 0 Å². The number of tetrazole rings is 1. The van der Waals surface area contributed by atoms with E-state index in [0.29, 0.717) is 18.7 Å². The van der Waals surface area contributed by atoms with Crippen molar-refractivity contribution in [3.8, 4) is 0 Å². The van der Waals surface area contributed by atoms with Gasteiger partial charge in [-0.2, -0.15) is 5.21 Å². The first-order valence-electron chi connectivity index (χ1n) is 9.87. The largest absolute Gasteiger partial charge is 0.481 e. The van der Waals surface area contributed by atoms with Crippen LogP contribution in [-0.2, 0) is 9.53 Å². The van der Waals surface area contributed by atoms with Gasteiger partial charge in [-0.05, 0) is 26.2 Å². The summed E-state index contributed by atoms with van der Waals surface area (Å²) in [5.41, 5.74) is 1.38. The van der Waals surface area contributed by atoms with E-state index in [1.807, 2.05) is 25.2 Å². The van der Waals surface area contributed by atoms with Gasteiger partial charge < -0.3 is 9.84 Å². The Morgan fingerprint density at radius 3 is 2.68 bits per heavy atom. The summed E-state index contributed by atoms with van der Waals surface area (Å²) in [4.78, 5) is 13.9. The number of rotatable bonds is 11. The number of hydrogen-bond acceptors (Lipinski definition) is 6. The molecule has 2 rings (SSSR count). The third-order valence-corrected chi connectivity index (χ3v) is 5.03. The molecule has 0 saturated carbocycles. The molecule has 1 fully saturated rings. The van der Waals surface area contributed by atoms with Crippen LogP contribution in [0.3, 0.4) is 0 Å². The number of nitrogens with one attached hydrogen (secondary N) is 1. The van der Waals surface area contributed by atoms with Crippen molar-refractivity contribution in [3.05, 3.63) is 41.8 Å². The zero-order valence-electron chi connectivity index (χ0n) is 16.8. The summed E-state index contributed by atoms with van der Waals surface area (Å²) in [5, 5.41) is 23.4. The van der Waals surface area contributed by atoms with Gasteiger partial charge in [-0.1, -0.05) is 48.1 Å². The van der Waals surface area contributed by atoms with Crippen LogP contribution >= 0.6 is 0 Å². The van der Waals surface area contributed by atoms with Gasteiger partial charge >= 0.3 is 5.97 Å². The van der Waals surface area contributed by atoms with Crippen LogP contribution < -0.4 is 0 Å². The summed E-state index contributed by atoms with van der Waals surface area (Å²) in [6.07, 6.45) is 12.2. The second-order valence-corrected chi connectivity index (χ2v) is 6.86. The van der Waals surface area contributed by atoms with E-state index in [1.165, 1.54) is 5.57 Å². The average Bonchev–Trinajstić information content (AvgIpc) is 3.23. The molecule has 0 amide bonds. The minimum atomic E-state index is -0.831. The van der Waals surface area contributed by atoms with E-state index >= 15 is 0 Å². The quantitative estimate of drug-likeness (QED) is 0.443. The molecule has 1 saturated heterocycles. The molecule has 28 heavy (non-hydrogen) atoms. The number of carboxylic acids is 1. The van der Waals surface area contributed by atoms with E-state index in [2.05, 4.69) is 44.6 Å². The SMILES string of the molecule is C/C=C(\C/C=C/C=C/C[C@H](c1nn[nH]n1)[C@H](CC)C(=O)O)CN1CCOCC1. The predicted octanol–water partition coefficient (Wildman–Crippen LogP) is 2.57. The number of hydrogen-bond donors (Lipinski definition) is 2. The fourth-order valence-electron chi connectivity index (χ4n) is 3.33. The summed E-state index contributed by atoms with van der Waals surface area (Å²) < 4.78 is 5.39. The molecule has 1 aliphatic rings. The maximum Gasteiger partial charge on any atom is 0.307 e. The lowest BCUT2D eigenvalue weighted by molar-refractivity contribution is -0.142. The second kappa shape index (κ2) is 12.2. The number of carbonyl (C=O) groups is 1. The van der Waals surface area contributed by atoms with Gasteiger partial charge in [0, 0.05) is 25.6 Å². The summed E-state index contributed by atoms with van der Waals surface area (Å²) in [6.45, 7) is 8.51. The molecule has 0 aromatic carbocycles. The number of ether oxygens (including phenoxy) is 1. The highest BCUT2D eigenvalue weighted by Crippen LogP contribution is 2.28. The Labute approximate surface area is 166 Å². The number of morpholine rings is 1. The van der Waals surface area contributed by atoms with E-state index < -0.39 is 11.9 Å². The Hall–Kier alpha value is -2.32. The van der Waals surface area contributed by atoms with Crippen molar-refractivity contribution in [2.45, 2.75) is 39.0 Å². The summed E-state index contributed by atoms with van der Waals surface area (Å²) in [6, 6.07) is 0. The molecule has 2 atom stereocenters. The van der Waals surface area contributed by atoms with Crippen molar-refractivity contribution >= 4 is 5.97 Å². The number of aromatic amines is 1. The van der Waals surface area contributed by atoms with Crippen molar-refractivity contribution in [3.63, 3.8) is 0 Å². The summed E-state index contributed by atoms with van der Waals surface area (Å²) in [7, 11) is 0. The third kappa shape index (κ3) is 7.01. The van der Waals surface area contributed by atoms with E-state index in [9.17, 15) is 9.90 Å². The number of H-pyrrole nitrogens is 1. The Morgan fingerprint density at radius 2 is 2.07 bits per heavy atom. The van der Waals surface area contributed by atoms with Gasteiger partial charge in [-0.3, -0.25) is 9.69 Å².